The van der Waals surface area contributed by atoms with Gasteiger partial charge in [0.2, 0.25) is 11.6 Å². The molecule has 0 saturated carbocycles. The second kappa shape index (κ2) is 6.35. The molecule has 2 aromatic heterocycles. The third-order valence-electron chi connectivity index (χ3n) is 3.45. The SMILES string of the molecule is O=C(Cc1[nH]ccc1Cc1ccc(F)cc1)C(=O)c1nc[nH]n1. The van der Waals surface area contributed by atoms with E-state index in [1.807, 2.05) is 6.07 Å². The zero-order valence-electron chi connectivity index (χ0n) is 12.0. The molecule has 23 heavy (non-hydrogen) atoms. The van der Waals surface area contributed by atoms with Gasteiger partial charge in [-0.05, 0) is 35.7 Å². The second-order valence-electron chi connectivity index (χ2n) is 5.04. The quantitative estimate of drug-likeness (QED) is 0.537. The Kier molecular flexibility index (Phi) is 4.09. The predicted octanol–water partition coefficient (Wildman–Crippen LogP) is 1.86. The molecule has 2 heterocycles. The number of rotatable bonds is 6. The summed E-state index contributed by atoms with van der Waals surface area (Å²) in [5.41, 5.74) is 2.45. The van der Waals surface area contributed by atoms with Gasteiger partial charge in [0.15, 0.2) is 0 Å². The Morgan fingerprint density at radius 1 is 1.13 bits per heavy atom. The molecule has 0 bridgehead atoms. The van der Waals surface area contributed by atoms with Crippen LogP contribution >= 0.6 is 0 Å². The van der Waals surface area contributed by atoms with E-state index in [1.165, 1.54) is 18.5 Å². The molecule has 0 aliphatic carbocycles. The summed E-state index contributed by atoms with van der Waals surface area (Å²) in [4.78, 5) is 30.6. The number of aromatic nitrogens is 4. The molecule has 7 heteroatoms. The highest BCUT2D eigenvalue weighted by Crippen LogP contribution is 2.15. The van der Waals surface area contributed by atoms with Crippen molar-refractivity contribution in [3.63, 3.8) is 0 Å². The van der Waals surface area contributed by atoms with E-state index in [1.54, 1.807) is 18.3 Å². The Labute approximate surface area is 130 Å². The van der Waals surface area contributed by atoms with Gasteiger partial charge in [0.25, 0.3) is 5.78 Å². The van der Waals surface area contributed by atoms with Crippen LogP contribution in [0, 0.1) is 5.82 Å². The Hall–Kier alpha value is -3.09. The van der Waals surface area contributed by atoms with Gasteiger partial charge < -0.3 is 4.98 Å². The number of ketones is 2. The molecule has 6 nitrogen and oxygen atoms in total. The standard InChI is InChI=1S/C16H13FN4O2/c17-12-3-1-10(2-4-12)7-11-5-6-18-13(11)8-14(22)15(23)16-19-9-20-21-16/h1-6,9,18H,7-8H2,(H,19,20,21). The highest BCUT2D eigenvalue weighted by molar-refractivity contribution is 6.43. The number of hydrogen-bond donors (Lipinski definition) is 2. The lowest BCUT2D eigenvalue weighted by Crippen LogP contribution is -2.19. The maximum absolute atomic E-state index is 12.9. The fourth-order valence-corrected chi connectivity index (χ4v) is 2.27. The first kappa shape index (κ1) is 14.8. The van der Waals surface area contributed by atoms with Crippen LogP contribution in [0.15, 0.2) is 42.9 Å². The molecular formula is C16H13FN4O2. The number of carbonyl (C=O) groups is 2. The number of H-pyrrole nitrogens is 2. The molecule has 0 fully saturated rings. The third kappa shape index (κ3) is 3.39. The molecule has 0 amide bonds. The average molecular weight is 312 g/mol. The summed E-state index contributed by atoms with van der Waals surface area (Å²) in [5, 5.41) is 6.01. The van der Waals surface area contributed by atoms with Gasteiger partial charge in [-0.15, -0.1) is 5.10 Å². The van der Waals surface area contributed by atoms with Crippen LogP contribution in [0.1, 0.15) is 27.4 Å². The van der Waals surface area contributed by atoms with E-state index in [4.69, 9.17) is 0 Å². The van der Waals surface area contributed by atoms with Gasteiger partial charge in [0.05, 0.1) is 6.42 Å². The van der Waals surface area contributed by atoms with Crippen LogP contribution in [0.4, 0.5) is 4.39 Å². The van der Waals surface area contributed by atoms with Crippen molar-refractivity contribution in [3.05, 3.63) is 71.3 Å². The van der Waals surface area contributed by atoms with Gasteiger partial charge in [-0.1, -0.05) is 12.1 Å². The van der Waals surface area contributed by atoms with Crippen molar-refractivity contribution in [2.45, 2.75) is 12.8 Å². The Morgan fingerprint density at radius 2 is 1.91 bits per heavy atom. The van der Waals surface area contributed by atoms with Crippen molar-refractivity contribution in [1.29, 1.82) is 0 Å². The largest absolute Gasteiger partial charge is 0.364 e. The van der Waals surface area contributed by atoms with Gasteiger partial charge in [-0.25, -0.2) is 9.37 Å². The van der Waals surface area contributed by atoms with Crippen LogP contribution in [0.5, 0.6) is 0 Å². The molecule has 0 saturated heterocycles. The summed E-state index contributed by atoms with van der Waals surface area (Å²) in [7, 11) is 0. The minimum atomic E-state index is -0.728. The molecule has 3 aromatic rings. The highest BCUT2D eigenvalue weighted by atomic mass is 19.1. The Balaban J connectivity index is 1.72. The van der Waals surface area contributed by atoms with Gasteiger partial charge in [0.1, 0.15) is 12.1 Å². The Bertz CT molecular complexity index is 822. The number of benzene rings is 1. The summed E-state index contributed by atoms with van der Waals surface area (Å²) >= 11 is 0. The van der Waals surface area contributed by atoms with Crippen molar-refractivity contribution >= 4 is 11.6 Å². The number of Topliss-reactive ketones (excluding diaryl/α,β-unsaturated/α-hetero) is 2. The first-order valence-electron chi connectivity index (χ1n) is 6.96. The molecule has 0 radical (unpaired) electrons. The maximum Gasteiger partial charge on any atom is 0.267 e. The molecule has 3 rings (SSSR count). The summed E-state index contributed by atoms with van der Waals surface area (Å²) in [5.74, 6) is -1.75. The van der Waals surface area contributed by atoms with Crippen molar-refractivity contribution in [1.82, 2.24) is 20.2 Å². The van der Waals surface area contributed by atoms with Crippen LogP contribution in [-0.4, -0.2) is 31.7 Å². The van der Waals surface area contributed by atoms with Crippen LogP contribution in [0.3, 0.4) is 0 Å². The first-order valence-corrected chi connectivity index (χ1v) is 6.96. The predicted molar refractivity (Wildman–Crippen MR) is 79.4 cm³/mol. The van der Waals surface area contributed by atoms with Gasteiger partial charge >= 0.3 is 0 Å². The normalized spacial score (nSPS) is 10.7. The number of halogens is 1. The molecule has 0 unspecified atom stereocenters. The highest BCUT2D eigenvalue weighted by Gasteiger charge is 2.21. The number of nitrogens with one attached hydrogen (secondary N) is 2. The zero-order valence-corrected chi connectivity index (χ0v) is 12.0. The smallest absolute Gasteiger partial charge is 0.267 e. The Morgan fingerprint density at radius 3 is 2.61 bits per heavy atom. The molecule has 0 atom stereocenters. The van der Waals surface area contributed by atoms with E-state index in [9.17, 15) is 14.0 Å². The lowest BCUT2D eigenvalue weighted by Gasteiger charge is -2.04. The fraction of sp³-hybridized carbons (Fsp3) is 0.125. The van der Waals surface area contributed by atoms with E-state index >= 15 is 0 Å². The topological polar surface area (TPSA) is 91.5 Å². The van der Waals surface area contributed by atoms with E-state index in [-0.39, 0.29) is 18.1 Å². The number of hydrogen-bond acceptors (Lipinski definition) is 4. The van der Waals surface area contributed by atoms with Crippen molar-refractivity contribution in [2.24, 2.45) is 0 Å². The zero-order chi connectivity index (χ0) is 16.2. The maximum atomic E-state index is 12.9. The van der Waals surface area contributed by atoms with Crippen molar-refractivity contribution < 1.29 is 14.0 Å². The van der Waals surface area contributed by atoms with Crippen LogP contribution in [-0.2, 0) is 17.6 Å². The fourth-order valence-electron chi connectivity index (χ4n) is 2.27. The van der Waals surface area contributed by atoms with Gasteiger partial charge in [-0.2, -0.15) is 0 Å². The van der Waals surface area contributed by atoms with E-state index in [0.717, 1.165) is 11.1 Å². The summed E-state index contributed by atoms with van der Waals surface area (Å²) in [6.45, 7) is 0. The lowest BCUT2D eigenvalue weighted by molar-refractivity contribution is -0.114. The molecule has 2 N–H and O–H groups in total. The van der Waals surface area contributed by atoms with Crippen LogP contribution < -0.4 is 0 Å². The van der Waals surface area contributed by atoms with Crippen LogP contribution in [0.25, 0.3) is 0 Å². The van der Waals surface area contributed by atoms with E-state index in [0.29, 0.717) is 12.1 Å². The summed E-state index contributed by atoms with van der Waals surface area (Å²) in [6, 6.07) is 7.99. The molecule has 116 valence electrons. The first-order chi connectivity index (χ1) is 11.1. The monoisotopic (exact) mass is 312 g/mol. The number of carbonyl (C=O) groups excluding carboxylic acids is 2. The van der Waals surface area contributed by atoms with E-state index < -0.39 is 11.6 Å². The third-order valence-corrected chi connectivity index (χ3v) is 3.45. The molecule has 0 aliphatic heterocycles. The summed E-state index contributed by atoms with van der Waals surface area (Å²) in [6.07, 6.45) is 3.44. The number of aromatic amines is 2. The van der Waals surface area contributed by atoms with Crippen molar-refractivity contribution in [2.75, 3.05) is 0 Å². The minimum Gasteiger partial charge on any atom is -0.364 e. The molecule has 0 aliphatic rings. The average Bonchev–Trinajstić information content (AvgIpc) is 3.21. The second-order valence-corrected chi connectivity index (χ2v) is 5.04. The molecule has 0 spiro atoms. The minimum absolute atomic E-state index is 0.0586. The van der Waals surface area contributed by atoms with E-state index in [2.05, 4.69) is 20.2 Å². The van der Waals surface area contributed by atoms with Crippen molar-refractivity contribution in [3.8, 4) is 0 Å². The molecule has 1 aromatic carbocycles. The summed E-state index contributed by atoms with van der Waals surface area (Å²) < 4.78 is 12.9. The van der Waals surface area contributed by atoms with Gasteiger partial charge in [0, 0.05) is 11.9 Å². The van der Waals surface area contributed by atoms with Crippen LogP contribution in [0.2, 0.25) is 0 Å². The number of nitrogens with zero attached hydrogens (tertiary/aromatic N) is 2. The lowest BCUT2D eigenvalue weighted by atomic mass is 10.0. The molecular weight excluding hydrogens is 299 g/mol. The van der Waals surface area contributed by atoms with Gasteiger partial charge in [-0.3, -0.25) is 14.7 Å².